The standard InChI is InChI=1S/C12H16N2O/c13-11-4-3-10-5-7-14(12(10)9-11)6-1-2-8-15/h3-5,7,9,15H,1-2,6,8,13H2. The Bertz CT molecular complexity index is 448. The third kappa shape index (κ3) is 2.13. The van der Waals surface area contributed by atoms with Crippen LogP contribution in [0.5, 0.6) is 0 Å². The molecule has 0 saturated heterocycles. The number of aliphatic hydroxyl groups excluding tert-OH is 1. The van der Waals surface area contributed by atoms with Crippen molar-refractivity contribution in [1.82, 2.24) is 4.57 Å². The summed E-state index contributed by atoms with van der Waals surface area (Å²) in [4.78, 5) is 0. The smallest absolute Gasteiger partial charge is 0.0500 e. The Morgan fingerprint density at radius 2 is 2.07 bits per heavy atom. The maximum Gasteiger partial charge on any atom is 0.0500 e. The van der Waals surface area contributed by atoms with Crippen molar-refractivity contribution < 1.29 is 5.11 Å². The number of hydrogen-bond donors (Lipinski definition) is 2. The quantitative estimate of drug-likeness (QED) is 0.591. The van der Waals surface area contributed by atoms with Crippen LogP contribution in [0.1, 0.15) is 12.8 Å². The molecule has 0 aliphatic heterocycles. The zero-order valence-corrected chi connectivity index (χ0v) is 8.69. The van der Waals surface area contributed by atoms with Crippen LogP contribution in [0.3, 0.4) is 0 Å². The minimum atomic E-state index is 0.265. The molecule has 2 aromatic rings. The van der Waals surface area contributed by atoms with Gasteiger partial charge in [0.05, 0.1) is 5.52 Å². The summed E-state index contributed by atoms with van der Waals surface area (Å²) in [6.07, 6.45) is 3.92. The van der Waals surface area contributed by atoms with Gasteiger partial charge in [-0.3, -0.25) is 0 Å². The van der Waals surface area contributed by atoms with Crippen LogP contribution in [-0.4, -0.2) is 16.3 Å². The zero-order chi connectivity index (χ0) is 10.7. The van der Waals surface area contributed by atoms with E-state index in [1.807, 2.05) is 18.2 Å². The van der Waals surface area contributed by atoms with Gasteiger partial charge in [-0.05, 0) is 36.4 Å². The third-order valence-corrected chi connectivity index (χ3v) is 2.61. The van der Waals surface area contributed by atoms with Gasteiger partial charge < -0.3 is 15.4 Å². The molecule has 1 heterocycles. The highest BCUT2D eigenvalue weighted by Gasteiger charge is 2.00. The predicted octanol–water partition coefficient (Wildman–Crippen LogP) is 2.00. The first-order valence-corrected chi connectivity index (χ1v) is 5.26. The Labute approximate surface area is 89.1 Å². The summed E-state index contributed by atoms with van der Waals surface area (Å²) in [5.41, 5.74) is 7.72. The first-order valence-electron chi connectivity index (χ1n) is 5.26. The van der Waals surface area contributed by atoms with Crippen LogP contribution < -0.4 is 5.73 Å². The average Bonchev–Trinajstić information content (AvgIpc) is 2.62. The van der Waals surface area contributed by atoms with Crippen molar-refractivity contribution in [1.29, 1.82) is 0 Å². The molecule has 0 saturated carbocycles. The summed E-state index contributed by atoms with van der Waals surface area (Å²) in [5.74, 6) is 0. The predicted molar refractivity (Wildman–Crippen MR) is 62.7 cm³/mol. The highest BCUT2D eigenvalue weighted by atomic mass is 16.2. The van der Waals surface area contributed by atoms with Crippen LogP contribution in [0.25, 0.3) is 10.9 Å². The number of nitrogen functional groups attached to an aromatic ring is 1. The molecule has 1 aromatic carbocycles. The fraction of sp³-hybridized carbons (Fsp3) is 0.333. The summed E-state index contributed by atoms with van der Waals surface area (Å²) in [7, 11) is 0. The lowest BCUT2D eigenvalue weighted by molar-refractivity contribution is 0.281. The molecule has 0 fully saturated rings. The first kappa shape index (κ1) is 10.1. The van der Waals surface area contributed by atoms with Crippen molar-refractivity contribution >= 4 is 16.6 Å². The molecule has 0 radical (unpaired) electrons. The Balaban J connectivity index is 2.23. The molecule has 0 atom stereocenters. The number of nitrogens with two attached hydrogens (primary N) is 1. The second-order valence-electron chi connectivity index (χ2n) is 3.76. The van der Waals surface area contributed by atoms with E-state index in [0.29, 0.717) is 0 Å². The molecule has 3 nitrogen and oxygen atoms in total. The molecule has 3 heteroatoms. The molecule has 80 valence electrons. The molecule has 0 unspecified atom stereocenters. The van der Waals surface area contributed by atoms with E-state index in [9.17, 15) is 0 Å². The Kier molecular flexibility index (Phi) is 2.92. The van der Waals surface area contributed by atoms with E-state index in [0.717, 1.165) is 25.1 Å². The average molecular weight is 204 g/mol. The van der Waals surface area contributed by atoms with Crippen molar-refractivity contribution in [2.24, 2.45) is 0 Å². The van der Waals surface area contributed by atoms with Crippen LogP contribution >= 0.6 is 0 Å². The van der Waals surface area contributed by atoms with Crippen molar-refractivity contribution in [3.05, 3.63) is 30.5 Å². The number of fused-ring (bicyclic) bond motifs is 1. The number of anilines is 1. The lowest BCUT2D eigenvalue weighted by Crippen LogP contribution is -1.97. The maximum atomic E-state index is 8.72. The second-order valence-corrected chi connectivity index (χ2v) is 3.76. The zero-order valence-electron chi connectivity index (χ0n) is 8.69. The molecular weight excluding hydrogens is 188 g/mol. The topological polar surface area (TPSA) is 51.2 Å². The fourth-order valence-electron chi connectivity index (χ4n) is 1.79. The number of aryl methyl sites for hydroxylation is 1. The lowest BCUT2D eigenvalue weighted by Gasteiger charge is -2.04. The number of benzene rings is 1. The van der Waals surface area contributed by atoms with Crippen LogP contribution in [0.4, 0.5) is 5.69 Å². The number of unbranched alkanes of at least 4 members (excludes halogenated alkanes) is 1. The van der Waals surface area contributed by atoms with Gasteiger partial charge in [-0.2, -0.15) is 0 Å². The number of aromatic nitrogens is 1. The molecule has 2 rings (SSSR count). The molecule has 3 N–H and O–H groups in total. The highest BCUT2D eigenvalue weighted by Crippen LogP contribution is 2.19. The summed E-state index contributed by atoms with van der Waals surface area (Å²) >= 11 is 0. The molecule has 15 heavy (non-hydrogen) atoms. The molecule has 0 aliphatic rings. The number of rotatable bonds is 4. The molecular formula is C12H16N2O. The SMILES string of the molecule is Nc1ccc2ccn(CCCCO)c2c1. The third-order valence-electron chi connectivity index (χ3n) is 2.61. The monoisotopic (exact) mass is 204 g/mol. The number of hydrogen-bond acceptors (Lipinski definition) is 2. The van der Waals surface area contributed by atoms with Crippen molar-refractivity contribution in [2.75, 3.05) is 12.3 Å². The van der Waals surface area contributed by atoms with E-state index >= 15 is 0 Å². The van der Waals surface area contributed by atoms with Crippen LogP contribution in [0.15, 0.2) is 30.5 Å². The van der Waals surface area contributed by atoms with Crippen molar-refractivity contribution in [3.63, 3.8) is 0 Å². The van der Waals surface area contributed by atoms with E-state index in [1.165, 1.54) is 10.9 Å². The molecule has 0 spiro atoms. The summed E-state index contributed by atoms with van der Waals surface area (Å²) in [5, 5.41) is 9.94. The molecule has 0 aliphatic carbocycles. The Morgan fingerprint density at radius 3 is 2.87 bits per heavy atom. The van der Waals surface area contributed by atoms with E-state index in [4.69, 9.17) is 10.8 Å². The van der Waals surface area contributed by atoms with Gasteiger partial charge in [-0.25, -0.2) is 0 Å². The number of nitrogens with zero attached hydrogens (tertiary/aromatic N) is 1. The second kappa shape index (κ2) is 4.36. The largest absolute Gasteiger partial charge is 0.399 e. The van der Waals surface area contributed by atoms with Gasteiger partial charge in [0.25, 0.3) is 0 Å². The normalized spacial score (nSPS) is 11.0. The number of aliphatic hydroxyl groups is 1. The Hall–Kier alpha value is -1.48. The van der Waals surface area contributed by atoms with E-state index in [-0.39, 0.29) is 6.61 Å². The first-order chi connectivity index (χ1) is 7.31. The van der Waals surface area contributed by atoms with E-state index in [1.54, 1.807) is 0 Å². The van der Waals surface area contributed by atoms with Gasteiger partial charge in [0.2, 0.25) is 0 Å². The van der Waals surface area contributed by atoms with Crippen molar-refractivity contribution in [3.8, 4) is 0 Å². The van der Waals surface area contributed by atoms with Crippen LogP contribution in [0.2, 0.25) is 0 Å². The van der Waals surface area contributed by atoms with Gasteiger partial charge in [-0.15, -0.1) is 0 Å². The van der Waals surface area contributed by atoms with Crippen molar-refractivity contribution in [2.45, 2.75) is 19.4 Å². The van der Waals surface area contributed by atoms with Gasteiger partial charge in [0, 0.05) is 25.0 Å². The molecule has 0 bridgehead atoms. The Morgan fingerprint density at radius 1 is 1.20 bits per heavy atom. The fourth-order valence-corrected chi connectivity index (χ4v) is 1.79. The van der Waals surface area contributed by atoms with Gasteiger partial charge in [0.1, 0.15) is 0 Å². The van der Waals surface area contributed by atoms with E-state index in [2.05, 4.69) is 16.8 Å². The molecule has 1 aromatic heterocycles. The summed E-state index contributed by atoms with van der Waals surface area (Å²) < 4.78 is 2.18. The van der Waals surface area contributed by atoms with Gasteiger partial charge in [-0.1, -0.05) is 6.07 Å². The molecule has 0 amide bonds. The van der Waals surface area contributed by atoms with E-state index < -0.39 is 0 Å². The minimum absolute atomic E-state index is 0.265. The van der Waals surface area contributed by atoms with Gasteiger partial charge >= 0.3 is 0 Å². The lowest BCUT2D eigenvalue weighted by atomic mass is 10.2. The van der Waals surface area contributed by atoms with Crippen LogP contribution in [-0.2, 0) is 6.54 Å². The van der Waals surface area contributed by atoms with Gasteiger partial charge in [0.15, 0.2) is 0 Å². The maximum absolute atomic E-state index is 8.72. The highest BCUT2D eigenvalue weighted by molar-refractivity contribution is 5.83. The summed E-state index contributed by atoms with van der Waals surface area (Å²) in [6, 6.07) is 8.04. The van der Waals surface area contributed by atoms with Crippen LogP contribution in [0, 0.1) is 0 Å². The minimum Gasteiger partial charge on any atom is -0.399 e. The summed E-state index contributed by atoms with van der Waals surface area (Å²) in [6.45, 7) is 1.20.